The summed E-state index contributed by atoms with van der Waals surface area (Å²) in [6, 6.07) is 14.7. The highest BCUT2D eigenvalue weighted by molar-refractivity contribution is 6.39. The number of nitrogens with one attached hydrogen (secondary N) is 1. The van der Waals surface area contributed by atoms with E-state index >= 15 is 0 Å². The lowest BCUT2D eigenvalue weighted by Crippen LogP contribution is -2.54. The summed E-state index contributed by atoms with van der Waals surface area (Å²) in [5, 5.41) is 3.29. The fourth-order valence-electron chi connectivity index (χ4n) is 3.58. The van der Waals surface area contributed by atoms with E-state index in [1.165, 1.54) is 18.2 Å². The Morgan fingerprint density at radius 1 is 0.871 bits per heavy atom. The van der Waals surface area contributed by atoms with Gasteiger partial charge in [-0.25, -0.2) is 9.69 Å². The van der Waals surface area contributed by atoms with Crippen LogP contribution in [0.25, 0.3) is 11.8 Å². The molecule has 1 aromatic heterocycles. The van der Waals surface area contributed by atoms with Crippen molar-refractivity contribution in [1.82, 2.24) is 9.88 Å². The van der Waals surface area contributed by atoms with Crippen molar-refractivity contribution in [3.8, 4) is 5.69 Å². The fraction of sp³-hybridized carbons (Fsp3) is 0.0870. The molecule has 0 saturated carbocycles. The summed E-state index contributed by atoms with van der Waals surface area (Å²) in [4.78, 5) is 38.8. The third-order valence-electron chi connectivity index (χ3n) is 5.02. The SMILES string of the molecule is Cc1cc(C=C2C(=O)NC(=O)N(c3ccc(Cl)cc3)C2=O)c(C)n1-c1cccc(Cl)c1. The number of carbonyl (C=O) groups excluding carboxylic acids is 3. The number of hydrogen-bond donors (Lipinski definition) is 1. The Bertz CT molecular complexity index is 1260. The van der Waals surface area contributed by atoms with E-state index in [1.807, 2.05) is 42.7 Å². The zero-order valence-electron chi connectivity index (χ0n) is 16.6. The van der Waals surface area contributed by atoms with Crippen LogP contribution < -0.4 is 10.2 Å². The van der Waals surface area contributed by atoms with Gasteiger partial charge in [-0.05, 0) is 74.0 Å². The number of benzene rings is 2. The van der Waals surface area contributed by atoms with Crippen molar-refractivity contribution in [2.75, 3.05) is 4.90 Å². The second kappa shape index (κ2) is 8.06. The number of rotatable bonds is 3. The topological polar surface area (TPSA) is 71.4 Å². The van der Waals surface area contributed by atoms with Crippen LogP contribution in [0.15, 0.2) is 60.2 Å². The van der Waals surface area contributed by atoms with Crippen molar-refractivity contribution in [3.63, 3.8) is 0 Å². The number of aryl methyl sites for hydroxylation is 1. The molecule has 2 heterocycles. The van der Waals surface area contributed by atoms with Gasteiger partial charge in [0.2, 0.25) is 0 Å². The summed E-state index contributed by atoms with van der Waals surface area (Å²) in [5.41, 5.74) is 3.45. The van der Waals surface area contributed by atoms with Crippen molar-refractivity contribution >= 4 is 52.8 Å². The van der Waals surface area contributed by atoms with Crippen molar-refractivity contribution in [2.45, 2.75) is 13.8 Å². The molecule has 4 rings (SSSR count). The van der Waals surface area contributed by atoms with E-state index in [-0.39, 0.29) is 5.57 Å². The molecule has 8 heteroatoms. The van der Waals surface area contributed by atoms with Gasteiger partial charge in [0, 0.05) is 27.1 Å². The number of imide groups is 2. The first-order valence-electron chi connectivity index (χ1n) is 9.38. The van der Waals surface area contributed by atoms with Gasteiger partial charge >= 0.3 is 6.03 Å². The van der Waals surface area contributed by atoms with E-state index in [9.17, 15) is 14.4 Å². The largest absolute Gasteiger partial charge is 0.335 e. The summed E-state index contributed by atoms with van der Waals surface area (Å²) in [7, 11) is 0. The van der Waals surface area contributed by atoms with Crippen LogP contribution in [0.3, 0.4) is 0 Å². The monoisotopic (exact) mass is 453 g/mol. The molecule has 156 valence electrons. The maximum atomic E-state index is 13.1. The molecule has 3 aromatic rings. The average Bonchev–Trinajstić information content (AvgIpc) is 2.99. The predicted octanol–water partition coefficient (Wildman–Crippen LogP) is 5.07. The summed E-state index contributed by atoms with van der Waals surface area (Å²) in [5.74, 6) is -1.45. The van der Waals surface area contributed by atoms with Crippen LogP contribution in [0.5, 0.6) is 0 Å². The number of nitrogens with zero attached hydrogens (tertiary/aromatic N) is 2. The molecule has 1 aliphatic rings. The van der Waals surface area contributed by atoms with Gasteiger partial charge in [0.15, 0.2) is 0 Å². The number of halogens is 2. The zero-order valence-corrected chi connectivity index (χ0v) is 18.2. The molecule has 4 amide bonds. The minimum Gasteiger partial charge on any atom is -0.318 e. The first kappa shape index (κ1) is 20.9. The van der Waals surface area contributed by atoms with E-state index in [0.29, 0.717) is 21.3 Å². The Balaban J connectivity index is 1.76. The standard InChI is InChI=1S/C23H17Cl2N3O3/c1-13-10-15(14(2)27(13)19-5-3-4-17(25)12-19)11-20-21(29)26-23(31)28(22(20)30)18-8-6-16(24)7-9-18/h3-12H,1-2H3,(H,26,29,31). The molecule has 1 fully saturated rings. The Labute approximate surface area is 188 Å². The lowest BCUT2D eigenvalue weighted by atomic mass is 10.1. The van der Waals surface area contributed by atoms with Crippen molar-refractivity contribution in [2.24, 2.45) is 0 Å². The van der Waals surface area contributed by atoms with Gasteiger partial charge in [-0.2, -0.15) is 0 Å². The first-order valence-corrected chi connectivity index (χ1v) is 10.1. The van der Waals surface area contributed by atoms with Gasteiger partial charge in [0.1, 0.15) is 5.57 Å². The van der Waals surface area contributed by atoms with E-state index in [4.69, 9.17) is 23.2 Å². The van der Waals surface area contributed by atoms with Crippen LogP contribution in [0, 0.1) is 13.8 Å². The number of anilines is 1. The molecule has 0 aliphatic carbocycles. The van der Waals surface area contributed by atoms with Crippen LogP contribution in [0.2, 0.25) is 10.0 Å². The average molecular weight is 454 g/mol. The van der Waals surface area contributed by atoms with Gasteiger partial charge in [0.25, 0.3) is 11.8 Å². The molecule has 1 N–H and O–H groups in total. The minimum absolute atomic E-state index is 0.138. The third kappa shape index (κ3) is 3.87. The lowest BCUT2D eigenvalue weighted by Gasteiger charge is -2.26. The van der Waals surface area contributed by atoms with Crippen LogP contribution in [0.4, 0.5) is 10.5 Å². The summed E-state index contributed by atoms with van der Waals surface area (Å²) >= 11 is 12.0. The number of carbonyl (C=O) groups is 3. The number of urea groups is 1. The quantitative estimate of drug-likeness (QED) is 0.444. The van der Waals surface area contributed by atoms with Crippen LogP contribution in [0.1, 0.15) is 17.0 Å². The maximum absolute atomic E-state index is 13.1. The van der Waals surface area contributed by atoms with Gasteiger partial charge in [0.05, 0.1) is 5.69 Å². The van der Waals surface area contributed by atoms with Crippen molar-refractivity contribution < 1.29 is 14.4 Å². The normalized spacial score (nSPS) is 15.5. The third-order valence-corrected chi connectivity index (χ3v) is 5.51. The molecular weight excluding hydrogens is 437 g/mol. The summed E-state index contributed by atoms with van der Waals surface area (Å²) < 4.78 is 1.98. The highest BCUT2D eigenvalue weighted by Crippen LogP contribution is 2.27. The second-order valence-electron chi connectivity index (χ2n) is 7.08. The van der Waals surface area contributed by atoms with Gasteiger partial charge in [-0.15, -0.1) is 0 Å². The Hall–Kier alpha value is -3.35. The van der Waals surface area contributed by atoms with Crippen molar-refractivity contribution in [1.29, 1.82) is 0 Å². The smallest absolute Gasteiger partial charge is 0.318 e. The number of hydrogen-bond acceptors (Lipinski definition) is 3. The highest BCUT2D eigenvalue weighted by atomic mass is 35.5. The maximum Gasteiger partial charge on any atom is 0.335 e. The van der Waals surface area contributed by atoms with Crippen molar-refractivity contribution in [3.05, 3.63) is 87.2 Å². The molecule has 0 atom stereocenters. The van der Waals surface area contributed by atoms with E-state index < -0.39 is 17.8 Å². The molecule has 0 bridgehead atoms. The summed E-state index contributed by atoms with van der Waals surface area (Å²) in [6.45, 7) is 3.80. The Morgan fingerprint density at radius 3 is 2.26 bits per heavy atom. The lowest BCUT2D eigenvalue weighted by molar-refractivity contribution is -0.122. The van der Waals surface area contributed by atoms with E-state index in [2.05, 4.69) is 5.32 Å². The summed E-state index contributed by atoms with van der Waals surface area (Å²) in [6.07, 6.45) is 1.50. The van der Waals surface area contributed by atoms with E-state index in [0.717, 1.165) is 22.0 Å². The highest BCUT2D eigenvalue weighted by Gasteiger charge is 2.37. The van der Waals surface area contributed by atoms with Crippen LogP contribution in [-0.4, -0.2) is 22.4 Å². The fourth-order valence-corrected chi connectivity index (χ4v) is 3.89. The van der Waals surface area contributed by atoms with Gasteiger partial charge in [-0.1, -0.05) is 29.3 Å². The molecule has 6 nitrogen and oxygen atoms in total. The first-order chi connectivity index (χ1) is 14.8. The van der Waals surface area contributed by atoms with E-state index in [1.54, 1.807) is 18.2 Å². The molecule has 31 heavy (non-hydrogen) atoms. The molecule has 1 saturated heterocycles. The Morgan fingerprint density at radius 2 is 1.58 bits per heavy atom. The Kier molecular flexibility index (Phi) is 5.43. The van der Waals surface area contributed by atoms with Gasteiger partial charge in [-0.3, -0.25) is 14.9 Å². The number of barbiturate groups is 1. The number of amides is 4. The molecule has 1 aliphatic heterocycles. The predicted molar refractivity (Wildman–Crippen MR) is 121 cm³/mol. The molecule has 2 aromatic carbocycles. The van der Waals surface area contributed by atoms with Crippen LogP contribution >= 0.6 is 23.2 Å². The molecular formula is C23H17Cl2N3O3. The van der Waals surface area contributed by atoms with Gasteiger partial charge < -0.3 is 4.57 Å². The molecule has 0 spiro atoms. The second-order valence-corrected chi connectivity index (χ2v) is 7.95. The zero-order chi connectivity index (χ0) is 22.3. The molecule has 0 unspecified atom stereocenters. The number of aromatic nitrogens is 1. The van der Waals surface area contributed by atoms with Crippen LogP contribution in [-0.2, 0) is 9.59 Å². The molecule has 0 radical (unpaired) electrons. The minimum atomic E-state index is -0.807.